The van der Waals surface area contributed by atoms with E-state index in [1.807, 2.05) is 6.08 Å². The molecule has 6 nitrogen and oxygen atoms in total. The van der Waals surface area contributed by atoms with Crippen molar-refractivity contribution < 1.29 is 24.5 Å². The Kier molecular flexibility index (Phi) is 41.3. The number of esters is 1. The van der Waals surface area contributed by atoms with E-state index < -0.39 is 12.1 Å². The fraction of sp³-hybridized carbons (Fsp3) is 0.830. The summed E-state index contributed by atoms with van der Waals surface area (Å²) in [4.78, 5) is 24.3. The molecule has 0 aromatic rings. The first-order valence-electron chi connectivity index (χ1n) is 22.8. The van der Waals surface area contributed by atoms with Gasteiger partial charge in [0.15, 0.2) is 0 Å². The van der Waals surface area contributed by atoms with Gasteiger partial charge in [0.1, 0.15) is 0 Å². The molecule has 0 rings (SSSR count). The summed E-state index contributed by atoms with van der Waals surface area (Å²) in [5.41, 5.74) is 0. The zero-order chi connectivity index (χ0) is 38.7. The number of carbonyl (C=O) groups is 2. The molecule has 0 saturated carbocycles. The van der Waals surface area contributed by atoms with E-state index in [9.17, 15) is 19.8 Å². The van der Waals surface area contributed by atoms with Crippen LogP contribution in [0.15, 0.2) is 36.5 Å². The Hall–Kier alpha value is -1.92. The van der Waals surface area contributed by atoms with E-state index in [1.54, 1.807) is 6.08 Å². The summed E-state index contributed by atoms with van der Waals surface area (Å²) in [5.74, 6) is -0.179. The van der Waals surface area contributed by atoms with Crippen molar-refractivity contribution in [2.24, 2.45) is 0 Å². The zero-order valence-electron chi connectivity index (χ0n) is 35.0. The van der Waals surface area contributed by atoms with Crippen molar-refractivity contribution in [1.29, 1.82) is 0 Å². The van der Waals surface area contributed by atoms with Crippen molar-refractivity contribution in [1.82, 2.24) is 5.32 Å². The minimum Gasteiger partial charge on any atom is -0.466 e. The SMILES string of the molecule is CCCCCCCCC/C=C\CCCCCCCC(=O)OCCCCCC/C=C\CCCC(=O)NC(CO)C(O)/C=C/CCCCCCCCCCC. The van der Waals surface area contributed by atoms with E-state index in [0.717, 1.165) is 70.6 Å². The number of aliphatic hydroxyl groups excluding tert-OH is 2. The highest BCUT2D eigenvalue weighted by atomic mass is 16.5. The number of aliphatic hydroxyl groups is 2. The highest BCUT2D eigenvalue weighted by molar-refractivity contribution is 5.76. The molecule has 0 saturated heterocycles. The molecule has 2 unspecified atom stereocenters. The van der Waals surface area contributed by atoms with Crippen LogP contribution in [0.5, 0.6) is 0 Å². The molecule has 0 aromatic heterocycles. The van der Waals surface area contributed by atoms with Gasteiger partial charge in [0.2, 0.25) is 5.91 Å². The summed E-state index contributed by atoms with van der Waals surface area (Å²) in [6.07, 6.45) is 50.0. The van der Waals surface area contributed by atoms with Gasteiger partial charge in [-0.1, -0.05) is 172 Å². The Bertz CT molecular complexity index is 869. The molecule has 53 heavy (non-hydrogen) atoms. The van der Waals surface area contributed by atoms with Crippen molar-refractivity contribution in [3.05, 3.63) is 36.5 Å². The molecule has 0 aliphatic heterocycles. The summed E-state index contributed by atoms with van der Waals surface area (Å²) in [6, 6.07) is -0.664. The van der Waals surface area contributed by atoms with Crippen LogP contribution in [0.4, 0.5) is 0 Å². The van der Waals surface area contributed by atoms with Crippen LogP contribution < -0.4 is 5.32 Å². The summed E-state index contributed by atoms with van der Waals surface area (Å²) in [6.45, 7) is 4.77. The third-order valence-corrected chi connectivity index (χ3v) is 10.1. The first-order chi connectivity index (χ1) is 26.0. The van der Waals surface area contributed by atoms with Crippen LogP contribution in [0.25, 0.3) is 0 Å². The molecule has 0 spiro atoms. The standard InChI is InChI=1S/C47H87NO5/c1-3-5-7-9-11-13-15-16-17-18-19-21-25-29-33-37-41-47(52)53-42-38-34-30-26-22-24-28-32-36-40-46(51)48-44(43-49)45(50)39-35-31-27-23-20-14-12-10-8-6-4-2/h17-18,24,28,35,39,44-45,49-50H,3-16,19-23,25-27,29-34,36-38,40-43H2,1-2H3,(H,48,51)/b18-17-,28-24-,39-35+. The summed E-state index contributed by atoms with van der Waals surface area (Å²) in [7, 11) is 0. The van der Waals surface area contributed by atoms with Crippen LogP contribution in [0.2, 0.25) is 0 Å². The predicted molar refractivity (Wildman–Crippen MR) is 227 cm³/mol. The Balaban J connectivity index is 3.58. The van der Waals surface area contributed by atoms with Gasteiger partial charge in [-0.15, -0.1) is 0 Å². The molecule has 2 atom stereocenters. The first-order valence-corrected chi connectivity index (χ1v) is 22.8. The maximum absolute atomic E-state index is 12.3. The molecule has 0 aliphatic carbocycles. The van der Waals surface area contributed by atoms with Gasteiger partial charge in [-0.25, -0.2) is 0 Å². The summed E-state index contributed by atoms with van der Waals surface area (Å²) >= 11 is 0. The number of hydrogen-bond acceptors (Lipinski definition) is 5. The predicted octanol–water partition coefficient (Wildman–Crippen LogP) is 12.9. The number of nitrogens with one attached hydrogen (secondary N) is 1. The molecule has 1 amide bonds. The van der Waals surface area contributed by atoms with Gasteiger partial charge in [0.05, 0.1) is 25.4 Å². The third-order valence-electron chi connectivity index (χ3n) is 10.1. The second-order valence-electron chi connectivity index (χ2n) is 15.4. The van der Waals surface area contributed by atoms with Crippen LogP contribution >= 0.6 is 0 Å². The van der Waals surface area contributed by atoms with Gasteiger partial charge in [-0.05, 0) is 77.0 Å². The van der Waals surface area contributed by atoms with E-state index in [-0.39, 0.29) is 18.5 Å². The van der Waals surface area contributed by atoms with Crippen molar-refractivity contribution >= 4 is 11.9 Å². The Morgan fingerprint density at radius 2 is 0.906 bits per heavy atom. The maximum Gasteiger partial charge on any atom is 0.305 e. The van der Waals surface area contributed by atoms with Crippen LogP contribution in [-0.2, 0) is 14.3 Å². The van der Waals surface area contributed by atoms with Crippen molar-refractivity contribution in [3.8, 4) is 0 Å². The molecule has 310 valence electrons. The first kappa shape index (κ1) is 51.1. The fourth-order valence-electron chi connectivity index (χ4n) is 6.57. The van der Waals surface area contributed by atoms with E-state index in [0.29, 0.717) is 19.4 Å². The lowest BCUT2D eigenvalue weighted by Crippen LogP contribution is -2.45. The molecule has 0 radical (unpaired) electrons. The Morgan fingerprint density at radius 1 is 0.509 bits per heavy atom. The second-order valence-corrected chi connectivity index (χ2v) is 15.4. The zero-order valence-corrected chi connectivity index (χ0v) is 35.0. The monoisotopic (exact) mass is 746 g/mol. The van der Waals surface area contributed by atoms with Gasteiger partial charge in [0, 0.05) is 12.8 Å². The summed E-state index contributed by atoms with van der Waals surface area (Å²) in [5, 5.41) is 22.9. The van der Waals surface area contributed by atoms with Crippen LogP contribution in [-0.4, -0.2) is 47.4 Å². The van der Waals surface area contributed by atoms with Crippen LogP contribution in [0, 0.1) is 0 Å². The normalized spacial score (nSPS) is 13.1. The lowest BCUT2D eigenvalue weighted by atomic mass is 10.1. The molecular weight excluding hydrogens is 659 g/mol. The molecule has 0 aromatic carbocycles. The van der Waals surface area contributed by atoms with Crippen molar-refractivity contribution in [2.45, 2.75) is 238 Å². The lowest BCUT2D eigenvalue weighted by Gasteiger charge is -2.19. The topological polar surface area (TPSA) is 95.9 Å². The fourth-order valence-corrected chi connectivity index (χ4v) is 6.57. The molecule has 3 N–H and O–H groups in total. The highest BCUT2D eigenvalue weighted by Crippen LogP contribution is 2.13. The van der Waals surface area contributed by atoms with E-state index in [2.05, 4.69) is 43.5 Å². The van der Waals surface area contributed by atoms with Crippen LogP contribution in [0.3, 0.4) is 0 Å². The smallest absolute Gasteiger partial charge is 0.305 e. The lowest BCUT2D eigenvalue weighted by molar-refractivity contribution is -0.143. The maximum atomic E-state index is 12.3. The minimum absolute atomic E-state index is 0.0469. The largest absolute Gasteiger partial charge is 0.466 e. The molecule has 0 aliphatic rings. The number of hydrogen-bond donors (Lipinski definition) is 3. The van der Waals surface area contributed by atoms with E-state index in [1.165, 1.54) is 128 Å². The van der Waals surface area contributed by atoms with Gasteiger partial charge in [-0.2, -0.15) is 0 Å². The Morgan fingerprint density at radius 3 is 1.38 bits per heavy atom. The van der Waals surface area contributed by atoms with Gasteiger partial charge < -0.3 is 20.3 Å². The molecule has 6 heteroatoms. The number of rotatable bonds is 41. The molecule has 0 bridgehead atoms. The van der Waals surface area contributed by atoms with E-state index >= 15 is 0 Å². The van der Waals surface area contributed by atoms with E-state index in [4.69, 9.17) is 4.74 Å². The van der Waals surface area contributed by atoms with Gasteiger partial charge >= 0.3 is 5.97 Å². The quantitative estimate of drug-likeness (QED) is 0.0329. The number of unbranched alkanes of at least 4 members (excludes halogenated alkanes) is 26. The number of ether oxygens (including phenoxy) is 1. The summed E-state index contributed by atoms with van der Waals surface area (Å²) < 4.78 is 5.42. The van der Waals surface area contributed by atoms with Crippen molar-refractivity contribution in [3.63, 3.8) is 0 Å². The van der Waals surface area contributed by atoms with Crippen molar-refractivity contribution in [2.75, 3.05) is 13.2 Å². The third kappa shape index (κ3) is 39.6. The van der Waals surface area contributed by atoms with Gasteiger partial charge in [0.25, 0.3) is 0 Å². The minimum atomic E-state index is -0.874. The second kappa shape index (κ2) is 42.8. The molecule has 0 heterocycles. The average molecular weight is 746 g/mol. The van der Waals surface area contributed by atoms with Gasteiger partial charge in [-0.3, -0.25) is 9.59 Å². The number of allylic oxidation sites excluding steroid dienone is 5. The van der Waals surface area contributed by atoms with Crippen LogP contribution in [0.1, 0.15) is 226 Å². The molecular formula is C47H87NO5. The Labute approximate surface area is 328 Å². The highest BCUT2D eigenvalue weighted by Gasteiger charge is 2.17. The molecule has 0 fully saturated rings. The average Bonchev–Trinajstić information content (AvgIpc) is 3.16. The number of carbonyl (C=O) groups excluding carboxylic acids is 2. The number of amides is 1.